The summed E-state index contributed by atoms with van der Waals surface area (Å²) in [5.41, 5.74) is 2.52. The van der Waals surface area contributed by atoms with Crippen LogP contribution < -0.4 is 10.1 Å². The van der Waals surface area contributed by atoms with E-state index in [9.17, 15) is 14.9 Å². The van der Waals surface area contributed by atoms with Crippen LogP contribution in [0.2, 0.25) is 0 Å². The molecular formula is C32H22N2O5. The van der Waals surface area contributed by atoms with Crippen LogP contribution in [0.1, 0.15) is 15.9 Å². The molecule has 0 fully saturated rings. The summed E-state index contributed by atoms with van der Waals surface area (Å²) < 4.78 is 16.9. The summed E-state index contributed by atoms with van der Waals surface area (Å²) in [6, 6.07) is 36.4. The number of rotatable bonds is 8. The smallest absolute Gasteiger partial charge is 0.338 e. The van der Waals surface area contributed by atoms with Crippen molar-refractivity contribution in [3.05, 3.63) is 126 Å². The molecule has 1 aromatic heterocycles. The number of furan rings is 1. The van der Waals surface area contributed by atoms with Crippen LogP contribution in [-0.2, 0) is 9.53 Å². The molecular weight excluding hydrogens is 492 g/mol. The van der Waals surface area contributed by atoms with E-state index in [2.05, 4.69) is 11.4 Å². The third-order valence-electron chi connectivity index (χ3n) is 5.77. The summed E-state index contributed by atoms with van der Waals surface area (Å²) in [5, 5.41) is 12.5. The first-order chi connectivity index (χ1) is 19.1. The Balaban J connectivity index is 1.28. The van der Waals surface area contributed by atoms with Crippen LogP contribution in [0.5, 0.6) is 11.5 Å². The maximum atomic E-state index is 12.7. The van der Waals surface area contributed by atoms with Crippen molar-refractivity contribution in [2.75, 3.05) is 11.9 Å². The molecule has 39 heavy (non-hydrogen) atoms. The number of benzene rings is 4. The van der Waals surface area contributed by atoms with Crippen molar-refractivity contribution in [1.82, 2.24) is 0 Å². The van der Waals surface area contributed by atoms with Crippen LogP contribution in [0.4, 0.5) is 5.88 Å². The van der Waals surface area contributed by atoms with Gasteiger partial charge in [0.1, 0.15) is 28.9 Å². The highest BCUT2D eigenvalue weighted by Gasteiger charge is 2.24. The summed E-state index contributed by atoms with van der Waals surface area (Å²) in [5.74, 6) is 0.344. The molecule has 0 unspecified atom stereocenters. The standard InChI is InChI=1S/C32H22N2O5/c33-20-27-29(22-10-4-1-5-11-22)30(23-12-6-2-7-13-23)39-31(27)34-28(35)21-37-32(36)24-16-18-26(19-17-24)38-25-14-8-3-9-15-25/h1-19H,21H2,(H,34,35). The summed E-state index contributed by atoms with van der Waals surface area (Å²) in [4.78, 5) is 25.2. The fourth-order valence-corrected chi connectivity index (χ4v) is 3.96. The quantitative estimate of drug-likeness (QED) is 0.222. The number of hydrogen-bond acceptors (Lipinski definition) is 6. The Morgan fingerprint density at radius 3 is 1.92 bits per heavy atom. The Hall–Kier alpha value is -5.61. The Kier molecular flexibility index (Phi) is 7.47. The summed E-state index contributed by atoms with van der Waals surface area (Å²) in [7, 11) is 0. The van der Waals surface area contributed by atoms with E-state index in [0.29, 0.717) is 22.8 Å². The molecule has 1 N–H and O–H groups in total. The van der Waals surface area contributed by atoms with Gasteiger partial charge >= 0.3 is 5.97 Å². The van der Waals surface area contributed by atoms with Gasteiger partial charge in [-0.15, -0.1) is 0 Å². The highest BCUT2D eigenvalue weighted by atomic mass is 16.5. The zero-order valence-corrected chi connectivity index (χ0v) is 20.7. The van der Waals surface area contributed by atoms with Crippen molar-refractivity contribution in [2.45, 2.75) is 0 Å². The number of esters is 1. The number of carbonyl (C=O) groups is 2. The number of ether oxygens (including phenoxy) is 2. The predicted octanol–water partition coefficient (Wildman–Crippen LogP) is 7.07. The van der Waals surface area contributed by atoms with Gasteiger partial charge in [0.2, 0.25) is 5.88 Å². The molecule has 0 saturated carbocycles. The van der Waals surface area contributed by atoms with E-state index in [1.807, 2.05) is 91.0 Å². The van der Waals surface area contributed by atoms with Gasteiger partial charge in [0.15, 0.2) is 6.61 Å². The Bertz CT molecular complexity index is 1620. The third kappa shape index (κ3) is 5.87. The second kappa shape index (κ2) is 11.6. The first kappa shape index (κ1) is 25.1. The average Bonchev–Trinajstić information content (AvgIpc) is 3.35. The van der Waals surface area contributed by atoms with Crippen LogP contribution in [0.3, 0.4) is 0 Å². The van der Waals surface area contributed by atoms with Gasteiger partial charge in [-0.2, -0.15) is 5.26 Å². The Labute approximate surface area is 224 Å². The number of para-hydroxylation sites is 1. The van der Waals surface area contributed by atoms with Crippen LogP contribution in [-0.4, -0.2) is 18.5 Å². The first-order valence-corrected chi connectivity index (χ1v) is 12.1. The molecule has 4 aromatic carbocycles. The van der Waals surface area contributed by atoms with E-state index in [-0.39, 0.29) is 17.0 Å². The van der Waals surface area contributed by atoms with Gasteiger partial charge in [-0.25, -0.2) is 4.79 Å². The molecule has 0 atom stereocenters. The van der Waals surface area contributed by atoms with Crippen LogP contribution >= 0.6 is 0 Å². The van der Waals surface area contributed by atoms with E-state index in [0.717, 1.165) is 11.1 Å². The van der Waals surface area contributed by atoms with E-state index in [1.54, 1.807) is 24.3 Å². The molecule has 1 amide bonds. The number of nitriles is 1. The van der Waals surface area contributed by atoms with E-state index in [4.69, 9.17) is 13.9 Å². The monoisotopic (exact) mass is 514 g/mol. The van der Waals surface area contributed by atoms with Gasteiger partial charge in [-0.1, -0.05) is 78.9 Å². The van der Waals surface area contributed by atoms with Gasteiger partial charge < -0.3 is 13.9 Å². The van der Waals surface area contributed by atoms with Gasteiger partial charge in [-0.05, 0) is 42.0 Å². The van der Waals surface area contributed by atoms with Crippen molar-refractivity contribution in [3.63, 3.8) is 0 Å². The fourth-order valence-electron chi connectivity index (χ4n) is 3.96. The van der Waals surface area contributed by atoms with Crippen LogP contribution in [0.25, 0.3) is 22.5 Å². The molecule has 7 nitrogen and oxygen atoms in total. The maximum Gasteiger partial charge on any atom is 0.338 e. The minimum Gasteiger partial charge on any atom is -0.457 e. The highest BCUT2D eigenvalue weighted by Crippen LogP contribution is 2.41. The Morgan fingerprint density at radius 2 is 1.31 bits per heavy atom. The molecule has 0 aliphatic rings. The number of hydrogen-bond donors (Lipinski definition) is 1. The minimum absolute atomic E-state index is 0.0151. The van der Waals surface area contributed by atoms with E-state index >= 15 is 0 Å². The highest BCUT2D eigenvalue weighted by molar-refractivity contribution is 5.98. The molecule has 7 heteroatoms. The summed E-state index contributed by atoms with van der Waals surface area (Å²) >= 11 is 0. The van der Waals surface area contributed by atoms with Crippen LogP contribution in [0, 0.1) is 11.3 Å². The summed E-state index contributed by atoms with van der Waals surface area (Å²) in [6.45, 7) is -0.561. The number of amides is 1. The zero-order valence-electron chi connectivity index (χ0n) is 20.7. The van der Waals surface area contributed by atoms with Gasteiger partial charge in [0, 0.05) is 11.1 Å². The molecule has 0 bridgehead atoms. The zero-order chi connectivity index (χ0) is 27.0. The lowest BCUT2D eigenvalue weighted by atomic mass is 9.98. The molecule has 190 valence electrons. The maximum absolute atomic E-state index is 12.7. The third-order valence-corrected chi connectivity index (χ3v) is 5.77. The Morgan fingerprint density at radius 1 is 0.744 bits per heavy atom. The molecule has 1 heterocycles. The fraction of sp³-hybridized carbons (Fsp3) is 0.0312. The molecule has 0 radical (unpaired) electrons. The normalized spacial score (nSPS) is 10.3. The van der Waals surface area contributed by atoms with Crippen molar-refractivity contribution >= 4 is 17.8 Å². The molecule has 5 aromatic rings. The summed E-state index contributed by atoms with van der Waals surface area (Å²) in [6.07, 6.45) is 0. The molecule has 0 aliphatic heterocycles. The predicted molar refractivity (Wildman–Crippen MR) is 146 cm³/mol. The van der Waals surface area contributed by atoms with Crippen molar-refractivity contribution in [1.29, 1.82) is 5.26 Å². The topological polar surface area (TPSA) is 102 Å². The molecule has 0 aliphatic carbocycles. The lowest BCUT2D eigenvalue weighted by Gasteiger charge is -2.07. The number of nitrogens with one attached hydrogen (secondary N) is 1. The molecule has 0 saturated heterocycles. The number of nitrogens with zero attached hydrogens (tertiary/aromatic N) is 1. The molecule has 0 spiro atoms. The van der Waals surface area contributed by atoms with Gasteiger partial charge in [0.05, 0.1) is 5.56 Å². The van der Waals surface area contributed by atoms with Crippen LogP contribution in [0.15, 0.2) is 120 Å². The number of anilines is 1. The van der Waals surface area contributed by atoms with Crippen molar-refractivity contribution in [2.24, 2.45) is 0 Å². The molecule has 5 rings (SSSR count). The SMILES string of the molecule is N#Cc1c(NC(=O)COC(=O)c2ccc(Oc3ccccc3)cc2)oc(-c2ccccc2)c1-c1ccccc1. The van der Waals surface area contributed by atoms with Gasteiger partial charge in [0.25, 0.3) is 5.91 Å². The lowest BCUT2D eigenvalue weighted by Crippen LogP contribution is -2.21. The second-order valence-electron chi connectivity index (χ2n) is 8.42. The second-order valence-corrected chi connectivity index (χ2v) is 8.42. The first-order valence-electron chi connectivity index (χ1n) is 12.1. The largest absolute Gasteiger partial charge is 0.457 e. The number of carbonyl (C=O) groups excluding carboxylic acids is 2. The van der Waals surface area contributed by atoms with Crippen molar-refractivity contribution in [3.8, 4) is 40.0 Å². The van der Waals surface area contributed by atoms with Gasteiger partial charge in [-0.3, -0.25) is 10.1 Å². The van der Waals surface area contributed by atoms with E-state index < -0.39 is 18.5 Å². The lowest BCUT2D eigenvalue weighted by molar-refractivity contribution is -0.119. The van der Waals surface area contributed by atoms with Crippen molar-refractivity contribution < 1.29 is 23.5 Å². The van der Waals surface area contributed by atoms with E-state index in [1.165, 1.54) is 0 Å². The minimum atomic E-state index is -0.675. The average molecular weight is 515 g/mol.